The average Bonchev–Trinajstić information content (AvgIpc) is 2.93. The van der Waals surface area contributed by atoms with Crippen molar-refractivity contribution in [3.05, 3.63) is 27.1 Å². The van der Waals surface area contributed by atoms with Crippen LogP contribution in [-0.4, -0.2) is 28.0 Å². The van der Waals surface area contributed by atoms with Crippen LogP contribution in [0.15, 0.2) is 11.1 Å². The maximum Gasteiger partial charge on any atom is 0.321 e. The summed E-state index contributed by atoms with van der Waals surface area (Å²) in [7, 11) is 0. The Balaban J connectivity index is 1.77. The first kappa shape index (κ1) is 18.6. The van der Waals surface area contributed by atoms with Crippen molar-refractivity contribution in [1.29, 1.82) is 0 Å². The molecule has 0 fully saturated rings. The molecule has 1 aliphatic carbocycles. The zero-order chi connectivity index (χ0) is 18.8. The Hall–Kier alpha value is -2.22. The van der Waals surface area contributed by atoms with Gasteiger partial charge in [0.05, 0.1) is 11.7 Å². The monoisotopic (exact) mass is 376 g/mol. The van der Waals surface area contributed by atoms with Crippen molar-refractivity contribution in [3.63, 3.8) is 0 Å². The number of imide groups is 1. The van der Waals surface area contributed by atoms with Crippen molar-refractivity contribution in [2.24, 2.45) is 11.8 Å². The van der Waals surface area contributed by atoms with E-state index in [1.54, 1.807) is 11.3 Å². The van der Waals surface area contributed by atoms with E-state index < -0.39 is 11.9 Å². The van der Waals surface area contributed by atoms with Crippen molar-refractivity contribution in [2.75, 3.05) is 6.54 Å². The van der Waals surface area contributed by atoms with E-state index in [9.17, 15) is 14.4 Å². The Bertz CT molecular complexity index is 900. The van der Waals surface area contributed by atoms with Gasteiger partial charge in [-0.25, -0.2) is 9.78 Å². The van der Waals surface area contributed by atoms with Gasteiger partial charge in [0, 0.05) is 11.4 Å². The highest BCUT2D eigenvalue weighted by Crippen LogP contribution is 2.35. The van der Waals surface area contributed by atoms with Gasteiger partial charge in [-0.2, -0.15) is 0 Å². The lowest BCUT2D eigenvalue weighted by molar-refractivity contribution is -0.120. The zero-order valence-corrected chi connectivity index (χ0v) is 16.1. The molecule has 26 heavy (non-hydrogen) atoms. The number of thiophene rings is 1. The lowest BCUT2D eigenvalue weighted by atomic mass is 9.89. The molecule has 0 spiro atoms. The van der Waals surface area contributed by atoms with Crippen LogP contribution < -0.4 is 16.2 Å². The molecule has 0 saturated carbocycles. The van der Waals surface area contributed by atoms with E-state index in [-0.39, 0.29) is 18.0 Å². The Labute approximate surface area is 155 Å². The van der Waals surface area contributed by atoms with Crippen molar-refractivity contribution in [1.82, 2.24) is 20.2 Å². The van der Waals surface area contributed by atoms with Crippen LogP contribution >= 0.6 is 11.3 Å². The van der Waals surface area contributed by atoms with Crippen LogP contribution in [0.2, 0.25) is 0 Å². The highest BCUT2D eigenvalue weighted by molar-refractivity contribution is 7.18. The lowest BCUT2D eigenvalue weighted by Gasteiger charge is -2.17. The molecule has 0 unspecified atom stereocenters. The number of urea groups is 1. The van der Waals surface area contributed by atoms with E-state index in [1.807, 2.05) is 13.8 Å². The molecule has 1 atom stereocenters. The second kappa shape index (κ2) is 7.57. The Morgan fingerprint density at radius 3 is 2.92 bits per heavy atom. The maximum absolute atomic E-state index is 12.8. The van der Waals surface area contributed by atoms with Gasteiger partial charge in [-0.05, 0) is 36.7 Å². The molecule has 3 amide bonds. The summed E-state index contributed by atoms with van der Waals surface area (Å²) in [6.45, 7) is 6.40. The Morgan fingerprint density at radius 1 is 1.42 bits per heavy atom. The summed E-state index contributed by atoms with van der Waals surface area (Å²) in [6.07, 6.45) is 4.30. The van der Waals surface area contributed by atoms with E-state index in [0.29, 0.717) is 17.8 Å². The minimum absolute atomic E-state index is 0.209. The summed E-state index contributed by atoms with van der Waals surface area (Å²) in [4.78, 5) is 42.9. The summed E-state index contributed by atoms with van der Waals surface area (Å²) in [6, 6.07) is -0.548. The third-order valence-corrected chi connectivity index (χ3v) is 5.68. The molecular weight excluding hydrogens is 352 g/mol. The van der Waals surface area contributed by atoms with Crippen LogP contribution in [0.3, 0.4) is 0 Å². The van der Waals surface area contributed by atoms with Gasteiger partial charge in [-0.1, -0.05) is 20.8 Å². The fourth-order valence-electron chi connectivity index (χ4n) is 3.14. The average molecular weight is 376 g/mol. The highest BCUT2D eigenvalue weighted by atomic mass is 32.1. The number of nitrogens with one attached hydrogen (secondary N) is 2. The van der Waals surface area contributed by atoms with Gasteiger partial charge in [0.15, 0.2) is 0 Å². The first-order valence-corrected chi connectivity index (χ1v) is 9.74. The highest BCUT2D eigenvalue weighted by Gasteiger charge is 2.23. The van der Waals surface area contributed by atoms with E-state index in [0.717, 1.165) is 29.7 Å². The normalized spacial score (nSPS) is 16.5. The molecule has 2 aromatic rings. The van der Waals surface area contributed by atoms with Gasteiger partial charge in [-0.3, -0.25) is 19.5 Å². The van der Waals surface area contributed by atoms with Gasteiger partial charge in [0.25, 0.3) is 5.56 Å². The van der Waals surface area contributed by atoms with Crippen molar-refractivity contribution < 1.29 is 9.59 Å². The summed E-state index contributed by atoms with van der Waals surface area (Å²) in [5, 5.41) is 5.49. The summed E-state index contributed by atoms with van der Waals surface area (Å²) in [5.74, 6) is 0.373. The van der Waals surface area contributed by atoms with Crippen LogP contribution in [0, 0.1) is 11.8 Å². The van der Waals surface area contributed by atoms with E-state index >= 15 is 0 Å². The maximum atomic E-state index is 12.8. The molecule has 140 valence electrons. The van der Waals surface area contributed by atoms with Crippen LogP contribution in [0.1, 0.15) is 37.6 Å². The molecule has 8 heteroatoms. The SMILES string of the molecule is CC(C)CNC(=O)NC(=O)Cn1cnc2sc3c(c2c1=O)CC[C@@H](C)C3. The molecule has 2 N–H and O–H groups in total. The second-order valence-corrected chi connectivity index (χ2v) is 8.45. The fourth-order valence-corrected chi connectivity index (χ4v) is 4.48. The molecule has 0 saturated heterocycles. The molecule has 2 aromatic heterocycles. The number of fused-ring (bicyclic) bond motifs is 3. The minimum atomic E-state index is -0.548. The van der Waals surface area contributed by atoms with Gasteiger partial charge in [-0.15, -0.1) is 11.3 Å². The summed E-state index contributed by atoms with van der Waals surface area (Å²) in [5.41, 5.74) is 0.879. The molecule has 3 rings (SSSR count). The molecule has 0 bridgehead atoms. The zero-order valence-electron chi connectivity index (χ0n) is 15.3. The van der Waals surface area contributed by atoms with E-state index in [4.69, 9.17) is 0 Å². The van der Waals surface area contributed by atoms with E-state index in [1.165, 1.54) is 15.8 Å². The number of hydrogen-bond acceptors (Lipinski definition) is 5. The van der Waals surface area contributed by atoms with Crippen molar-refractivity contribution >= 4 is 33.5 Å². The Morgan fingerprint density at radius 2 is 2.19 bits per heavy atom. The molecule has 2 heterocycles. The quantitative estimate of drug-likeness (QED) is 0.854. The lowest BCUT2D eigenvalue weighted by Crippen LogP contribution is -2.43. The largest absolute Gasteiger partial charge is 0.338 e. The van der Waals surface area contributed by atoms with Crippen molar-refractivity contribution in [3.8, 4) is 0 Å². The summed E-state index contributed by atoms with van der Waals surface area (Å²) >= 11 is 1.58. The third-order valence-electron chi connectivity index (χ3n) is 4.52. The number of aromatic nitrogens is 2. The molecular formula is C18H24N4O3S. The van der Waals surface area contributed by atoms with Crippen LogP contribution in [-0.2, 0) is 24.2 Å². The molecule has 1 aliphatic rings. The van der Waals surface area contributed by atoms with Crippen LogP contribution in [0.4, 0.5) is 4.79 Å². The molecule has 0 aromatic carbocycles. The fraction of sp³-hybridized carbons (Fsp3) is 0.556. The van der Waals surface area contributed by atoms with Gasteiger partial charge < -0.3 is 5.32 Å². The smallest absolute Gasteiger partial charge is 0.321 e. The molecule has 0 radical (unpaired) electrons. The first-order chi connectivity index (χ1) is 12.3. The number of nitrogens with zero attached hydrogens (tertiary/aromatic N) is 2. The second-order valence-electron chi connectivity index (χ2n) is 7.36. The predicted octanol–water partition coefficient (Wildman–Crippen LogP) is 2.06. The van der Waals surface area contributed by atoms with Crippen LogP contribution in [0.25, 0.3) is 10.2 Å². The number of amides is 3. The number of carbonyl (C=O) groups excluding carboxylic acids is 2. The standard InChI is InChI=1S/C18H24N4O3S/c1-10(2)7-19-18(25)21-14(23)8-22-9-20-16-15(17(22)24)12-5-4-11(3)6-13(12)26-16/h9-11H,4-8H2,1-3H3,(H2,19,21,23,25)/t11-/m1/s1. The first-order valence-electron chi connectivity index (χ1n) is 8.92. The number of rotatable bonds is 4. The topological polar surface area (TPSA) is 93.1 Å². The van der Waals surface area contributed by atoms with Gasteiger partial charge in [0.2, 0.25) is 5.91 Å². The van der Waals surface area contributed by atoms with Gasteiger partial charge >= 0.3 is 6.03 Å². The molecule has 7 nitrogen and oxygen atoms in total. The van der Waals surface area contributed by atoms with Crippen molar-refractivity contribution in [2.45, 2.75) is 46.6 Å². The Kier molecular flexibility index (Phi) is 5.41. The predicted molar refractivity (Wildman–Crippen MR) is 101 cm³/mol. The minimum Gasteiger partial charge on any atom is -0.338 e. The van der Waals surface area contributed by atoms with Crippen LogP contribution in [0.5, 0.6) is 0 Å². The molecule has 0 aliphatic heterocycles. The third kappa shape index (κ3) is 3.95. The van der Waals surface area contributed by atoms with Gasteiger partial charge in [0.1, 0.15) is 11.4 Å². The number of aryl methyl sites for hydroxylation is 1. The number of carbonyl (C=O) groups is 2. The van der Waals surface area contributed by atoms with E-state index in [2.05, 4.69) is 22.5 Å². The summed E-state index contributed by atoms with van der Waals surface area (Å²) < 4.78 is 1.28. The number of hydrogen-bond donors (Lipinski definition) is 2.